The van der Waals surface area contributed by atoms with Crippen molar-refractivity contribution in [1.29, 1.82) is 0 Å². The molecular formula is C42H66O14. The molecule has 3 saturated carbocycles. The van der Waals surface area contributed by atoms with Crippen LogP contribution in [0, 0.1) is 45.3 Å². The fourth-order valence-electron chi connectivity index (χ4n) is 13.6. The molecule has 8 rings (SSSR count). The number of rotatable bonds is 7. The Morgan fingerprint density at radius 3 is 2.21 bits per heavy atom. The Kier molecular flexibility index (Phi) is 10.4. The van der Waals surface area contributed by atoms with Gasteiger partial charge in [0.05, 0.1) is 37.6 Å². The maximum atomic E-state index is 11.8. The molecule has 318 valence electrons. The second kappa shape index (κ2) is 14.0. The molecule has 4 heterocycles. The first-order chi connectivity index (χ1) is 26.3. The highest BCUT2D eigenvalue weighted by Crippen LogP contribution is 2.77. The van der Waals surface area contributed by atoms with Crippen LogP contribution in [0.2, 0.25) is 0 Å². The second-order valence-corrected chi connectivity index (χ2v) is 20.0. The maximum absolute atomic E-state index is 11.8. The van der Waals surface area contributed by atoms with Crippen LogP contribution in [0.3, 0.4) is 0 Å². The molecule has 7 unspecified atom stereocenters. The van der Waals surface area contributed by atoms with E-state index < -0.39 is 104 Å². The molecule has 0 amide bonds. The van der Waals surface area contributed by atoms with Gasteiger partial charge in [-0.15, -0.1) is 0 Å². The Hall–Kier alpha value is -1.08. The van der Waals surface area contributed by atoms with Gasteiger partial charge in [-0.05, 0) is 81.0 Å². The van der Waals surface area contributed by atoms with Crippen LogP contribution in [0.15, 0.2) is 23.8 Å². The minimum atomic E-state index is -2.33. The predicted octanol–water partition coefficient (Wildman–Crippen LogP) is 1.28. The summed E-state index contributed by atoms with van der Waals surface area (Å²) in [6, 6.07) is 0. The third kappa shape index (κ3) is 5.51. The summed E-state index contributed by atoms with van der Waals surface area (Å²) in [5.41, 5.74) is -0.528. The van der Waals surface area contributed by atoms with Gasteiger partial charge in [0.1, 0.15) is 48.8 Å². The second-order valence-electron chi connectivity index (χ2n) is 20.0. The molecule has 8 aliphatic rings. The number of ether oxygens (including phenoxy) is 6. The molecule has 0 radical (unpaired) electrons. The van der Waals surface area contributed by atoms with Crippen molar-refractivity contribution in [2.45, 2.75) is 172 Å². The van der Waals surface area contributed by atoms with Gasteiger partial charge in [-0.3, -0.25) is 0 Å². The average molecular weight is 795 g/mol. The highest BCUT2D eigenvalue weighted by atomic mass is 16.8. The quantitative estimate of drug-likeness (QED) is 0.171. The molecule has 7 fully saturated rings. The summed E-state index contributed by atoms with van der Waals surface area (Å²) in [5, 5.41) is 84.8. The molecule has 8 N–H and O–H groups in total. The molecule has 0 aromatic heterocycles. The summed E-state index contributed by atoms with van der Waals surface area (Å²) < 4.78 is 38.0. The highest BCUT2D eigenvalue weighted by molar-refractivity contribution is 5.34. The van der Waals surface area contributed by atoms with Gasteiger partial charge in [0.25, 0.3) is 0 Å². The van der Waals surface area contributed by atoms with Crippen molar-refractivity contribution in [3.63, 3.8) is 0 Å². The first-order valence-corrected chi connectivity index (χ1v) is 20.9. The van der Waals surface area contributed by atoms with Crippen molar-refractivity contribution in [2.75, 3.05) is 19.8 Å². The van der Waals surface area contributed by atoms with Gasteiger partial charge in [0.2, 0.25) is 12.1 Å². The van der Waals surface area contributed by atoms with Gasteiger partial charge in [-0.1, -0.05) is 58.4 Å². The van der Waals surface area contributed by atoms with E-state index in [4.69, 9.17) is 28.4 Å². The summed E-state index contributed by atoms with van der Waals surface area (Å²) in [7, 11) is 0. The van der Waals surface area contributed by atoms with Crippen LogP contribution in [0.25, 0.3) is 0 Å². The molecule has 4 aliphatic carbocycles. The number of hydrogen-bond donors (Lipinski definition) is 8. The monoisotopic (exact) mass is 794 g/mol. The van der Waals surface area contributed by atoms with Crippen LogP contribution in [-0.2, 0) is 28.4 Å². The number of aliphatic hydroxyl groups is 8. The Morgan fingerprint density at radius 1 is 0.839 bits per heavy atom. The molecule has 0 aromatic carbocycles. The summed E-state index contributed by atoms with van der Waals surface area (Å²) >= 11 is 0. The van der Waals surface area contributed by atoms with Crippen molar-refractivity contribution in [3.05, 3.63) is 23.8 Å². The molecule has 1 spiro atoms. The number of fused-ring (bicyclic) bond motifs is 3. The third-order valence-corrected chi connectivity index (χ3v) is 17.0. The summed E-state index contributed by atoms with van der Waals surface area (Å²) in [4.78, 5) is 0. The van der Waals surface area contributed by atoms with E-state index in [2.05, 4.69) is 46.8 Å². The Bertz CT molecular complexity index is 1550. The van der Waals surface area contributed by atoms with Crippen LogP contribution in [-0.4, -0.2) is 146 Å². The standard InChI is InChI=1S/C42H66O14/c1-20(2)16-23-33(56-42(50)34(49)30(46)25(18-44)54-36(42)53-23)21(3)22-10-12-39(7)26-11-13-41-27(40(26,19-51-41)15-14-38(22,39)6)8-9-28(37(41,4)5)55-35-32(48)31(47)29(45)24(17-43)52-35/h11,13,16,21-36,43-50H,8-10,12,14-15,17-19H2,1-7H3/t21-,22+,23?,24+,25?,26-,27-,28-,29+,30?,31+,32+,33?,34?,35-,36?,38+,39-,40-,41+,42?/m0/s1. The lowest BCUT2D eigenvalue weighted by atomic mass is 9.38. The zero-order valence-corrected chi connectivity index (χ0v) is 33.9. The van der Waals surface area contributed by atoms with E-state index in [0.29, 0.717) is 13.0 Å². The Labute approximate surface area is 329 Å². The SMILES string of the molecule is CC(C)=CC1OC2OC(CO)C(O)C(O)C2(O)OC1[C@@H](C)[C@H]1CC[C@@]2(C)[C@@H]3C=C[C@@]45OC[C@]3(CC[C@]12C)[C@@H]4CC[C@H](O[C@@H]1O[C@H](CO)[C@@H](O)[C@@H](O)[C@H]1O)C5(C)C. The van der Waals surface area contributed by atoms with Crippen LogP contribution < -0.4 is 0 Å². The lowest BCUT2D eigenvalue weighted by Crippen LogP contribution is -2.73. The number of allylic oxidation sites excluding steroid dienone is 2. The first kappa shape index (κ1) is 41.6. The van der Waals surface area contributed by atoms with Gasteiger partial charge in [0, 0.05) is 16.7 Å². The summed E-state index contributed by atoms with van der Waals surface area (Å²) in [6.45, 7) is 14.8. The van der Waals surface area contributed by atoms with Gasteiger partial charge in [-0.2, -0.15) is 0 Å². The molecule has 21 atom stereocenters. The molecule has 0 aromatic rings. The minimum Gasteiger partial charge on any atom is -0.394 e. The van der Waals surface area contributed by atoms with Gasteiger partial charge in [0.15, 0.2) is 6.29 Å². The van der Waals surface area contributed by atoms with E-state index in [0.717, 1.165) is 37.7 Å². The minimum absolute atomic E-state index is 0.104. The first-order valence-electron chi connectivity index (χ1n) is 20.9. The molecule has 14 heteroatoms. The number of hydrogen-bond acceptors (Lipinski definition) is 14. The normalized spacial score (nSPS) is 56.4. The molecule has 4 saturated heterocycles. The number of aliphatic hydroxyl groups excluding tert-OH is 7. The van der Waals surface area contributed by atoms with Gasteiger partial charge >= 0.3 is 0 Å². The van der Waals surface area contributed by atoms with E-state index in [-0.39, 0.29) is 39.9 Å². The van der Waals surface area contributed by atoms with Crippen molar-refractivity contribution in [1.82, 2.24) is 0 Å². The van der Waals surface area contributed by atoms with Crippen LogP contribution in [0.5, 0.6) is 0 Å². The molecule has 56 heavy (non-hydrogen) atoms. The van der Waals surface area contributed by atoms with E-state index in [9.17, 15) is 40.9 Å². The summed E-state index contributed by atoms with van der Waals surface area (Å²) in [6.07, 6.45) is -2.22. The fourth-order valence-corrected chi connectivity index (χ4v) is 13.6. The van der Waals surface area contributed by atoms with E-state index >= 15 is 0 Å². The fraction of sp³-hybridized carbons (Fsp3) is 0.905. The van der Waals surface area contributed by atoms with Crippen LogP contribution in [0.4, 0.5) is 0 Å². The van der Waals surface area contributed by atoms with Crippen molar-refractivity contribution >= 4 is 0 Å². The Balaban J connectivity index is 1.06. The Morgan fingerprint density at radius 2 is 1.54 bits per heavy atom. The smallest absolute Gasteiger partial charge is 0.248 e. The largest absolute Gasteiger partial charge is 0.394 e. The van der Waals surface area contributed by atoms with E-state index in [1.54, 1.807) is 0 Å². The van der Waals surface area contributed by atoms with Crippen LogP contribution in [0.1, 0.15) is 87.0 Å². The highest BCUT2D eigenvalue weighted by Gasteiger charge is 2.76. The maximum Gasteiger partial charge on any atom is 0.248 e. The summed E-state index contributed by atoms with van der Waals surface area (Å²) in [5.74, 6) is -1.83. The zero-order chi connectivity index (χ0) is 40.5. The predicted molar refractivity (Wildman–Crippen MR) is 198 cm³/mol. The zero-order valence-electron chi connectivity index (χ0n) is 33.9. The van der Waals surface area contributed by atoms with Crippen LogP contribution >= 0.6 is 0 Å². The van der Waals surface area contributed by atoms with Crippen molar-refractivity contribution in [2.24, 2.45) is 45.3 Å². The lowest BCUT2D eigenvalue weighted by molar-refractivity contribution is -0.465. The van der Waals surface area contributed by atoms with Gasteiger partial charge in [-0.25, -0.2) is 0 Å². The van der Waals surface area contributed by atoms with Crippen molar-refractivity contribution < 1.29 is 69.3 Å². The van der Waals surface area contributed by atoms with E-state index in [1.165, 1.54) is 0 Å². The molecule has 2 bridgehead atoms. The molecule has 14 nitrogen and oxygen atoms in total. The average Bonchev–Trinajstić information content (AvgIpc) is 3.55. The topological polar surface area (TPSA) is 217 Å². The van der Waals surface area contributed by atoms with Crippen molar-refractivity contribution in [3.8, 4) is 0 Å². The van der Waals surface area contributed by atoms with Gasteiger partial charge < -0.3 is 69.3 Å². The molecule has 4 aliphatic heterocycles. The third-order valence-electron chi connectivity index (χ3n) is 17.0. The molecular weight excluding hydrogens is 728 g/mol. The van der Waals surface area contributed by atoms with E-state index in [1.807, 2.05) is 19.9 Å². The lowest BCUT2D eigenvalue weighted by Gasteiger charge is -2.65.